The first-order valence-corrected chi connectivity index (χ1v) is 10.4. The van der Waals surface area contributed by atoms with Gasteiger partial charge in [0.25, 0.3) is 0 Å². The fourth-order valence-electron chi connectivity index (χ4n) is 4.80. The second-order valence-corrected chi connectivity index (χ2v) is 8.39. The molecule has 0 aromatic heterocycles. The number of thioether (sulfide) groups is 1. The van der Waals surface area contributed by atoms with Crippen LogP contribution in [-0.2, 0) is 9.53 Å². The van der Waals surface area contributed by atoms with Crippen LogP contribution in [0.5, 0.6) is 0 Å². The lowest BCUT2D eigenvalue weighted by molar-refractivity contribution is -0.163. The monoisotopic (exact) mass is 367 g/mol. The molecular weight excluding hydrogens is 342 g/mol. The Labute approximate surface area is 159 Å². The fourth-order valence-corrected chi connectivity index (χ4v) is 6.22. The van der Waals surface area contributed by atoms with Gasteiger partial charge < -0.3 is 4.74 Å². The second-order valence-electron chi connectivity index (χ2n) is 7.32. The second kappa shape index (κ2) is 7.45. The zero-order chi connectivity index (χ0) is 18.1. The zero-order valence-electron chi connectivity index (χ0n) is 15.2. The molecule has 0 N–H and O–H groups in total. The van der Waals surface area contributed by atoms with Gasteiger partial charge in [-0.1, -0.05) is 60.7 Å². The van der Waals surface area contributed by atoms with E-state index >= 15 is 0 Å². The summed E-state index contributed by atoms with van der Waals surface area (Å²) in [6.07, 6.45) is -0.0274. The zero-order valence-corrected chi connectivity index (χ0v) is 16.1. The Kier molecular flexibility index (Phi) is 5.05. The van der Waals surface area contributed by atoms with E-state index in [0.29, 0.717) is 11.8 Å². The summed E-state index contributed by atoms with van der Waals surface area (Å²) in [5, 5.41) is 0. The topological polar surface area (TPSA) is 29.5 Å². The van der Waals surface area contributed by atoms with E-state index in [1.165, 1.54) is 18.1 Å². The van der Waals surface area contributed by atoms with Crippen molar-refractivity contribution >= 4 is 17.7 Å². The summed E-state index contributed by atoms with van der Waals surface area (Å²) >= 11 is 2.00. The maximum Gasteiger partial charge on any atom is 0.302 e. The smallest absolute Gasteiger partial charge is 0.302 e. The van der Waals surface area contributed by atoms with Gasteiger partial charge in [-0.3, -0.25) is 9.69 Å². The van der Waals surface area contributed by atoms with Crippen LogP contribution in [0.2, 0.25) is 0 Å². The van der Waals surface area contributed by atoms with Crippen LogP contribution in [0.4, 0.5) is 0 Å². The van der Waals surface area contributed by atoms with Crippen LogP contribution >= 0.6 is 11.8 Å². The third kappa shape index (κ3) is 3.17. The predicted molar refractivity (Wildman–Crippen MR) is 106 cm³/mol. The summed E-state index contributed by atoms with van der Waals surface area (Å²) < 4.78 is 5.93. The van der Waals surface area contributed by atoms with Gasteiger partial charge >= 0.3 is 5.97 Å². The van der Waals surface area contributed by atoms with Crippen molar-refractivity contribution in [2.75, 3.05) is 18.6 Å². The molecule has 2 fully saturated rings. The first kappa shape index (κ1) is 17.6. The van der Waals surface area contributed by atoms with Gasteiger partial charge in [0, 0.05) is 42.3 Å². The third-order valence-electron chi connectivity index (χ3n) is 5.74. The number of hydrogen-bond acceptors (Lipinski definition) is 4. The molecule has 2 heterocycles. The van der Waals surface area contributed by atoms with Crippen LogP contribution in [0.1, 0.15) is 30.1 Å². The molecule has 2 aliphatic heterocycles. The van der Waals surface area contributed by atoms with E-state index in [1.807, 2.05) is 11.8 Å². The normalized spacial score (nSPS) is 31.4. The van der Waals surface area contributed by atoms with E-state index in [2.05, 4.69) is 72.6 Å². The Bertz CT molecular complexity index is 696. The number of hydrogen-bond donors (Lipinski definition) is 0. The molecule has 0 amide bonds. The number of benzene rings is 2. The standard InChI is InChI=1S/C22H25NO2S/c1-15(24)25-22-18-13-26-14-19(22)21(17-11-7-4-8-12-17)23(2)20(18)16-9-5-3-6-10-16/h3-12,18-22H,13-14H2,1-2H3/t18-,19+,20-,21+,22?. The summed E-state index contributed by atoms with van der Waals surface area (Å²) in [6.45, 7) is 1.54. The van der Waals surface area contributed by atoms with Crippen LogP contribution in [0.25, 0.3) is 0 Å². The quantitative estimate of drug-likeness (QED) is 0.756. The van der Waals surface area contributed by atoms with E-state index < -0.39 is 0 Å². The number of esters is 1. The number of fused-ring (bicyclic) bond motifs is 2. The molecule has 2 saturated heterocycles. The van der Waals surface area contributed by atoms with E-state index in [1.54, 1.807) is 0 Å². The van der Waals surface area contributed by atoms with Gasteiger partial charge in [0.15, 0.2) is 0 Å². The highest BCUT2D eigenvalue weighted by Gasteiger charge is 2.52. The number of ether oxygens (including phenoxy) is 1. The minimum Gasteiger partial charge on any atom is -0.462 e. The fraction of sp³-hybridized carbons (Fsp3) is 0.409. The molecular formula is C22H25NO2S. The minimum atomic E-state index is -0.167. The van der Waals surface area contributed by atoms with Gasteiger partial charge in [-0.05, 0) is 18.2 Å². The minimum absolute atomic E-state index is 0.0274. The highest BCUT2D eigenvalue weighted by atomic mass is 32.2. The molecule has 2 aliphatic rings. The molecule has 1 unspecified atom stereocenters. The van der Waals surface area contributed by atoms with E-state index in [9.17, 15) is 4.79 Å². The molecule has 2 aromatic rings. The molecule has 0 aliphatic carbocycles. The highest BCUT2D eigenvalue weighted by Crippen LogP contribution is 2.52. The molecule has 3 nitrogen and oxygen atoms in total. The first-order valence-electron chi connectivity index (χ1n) is 9.23. The predicted octanol–water partition coefficient (Wildman–Crippen LogP) is 4.33. The van der Waals surface area contributed by atoms with Gasteiger partial charge in [0.05, 0.1) is 0 Å². The van der Waals surface area contributed by atoms with Crippen LogP contribution < -0.4 is 0 Å². The lowest BCUT2D eigenvalue weighted by Crippen LogP contribution is -2.56. The Morgan fingerprint density at radius 1 is 0.923 bits per heavy atom. The number of carbonyl (C=O) groups excluding carboxylic acids is 1. The maximum atomic E-state index is 11.9. The molecule has 4 rings (SSSR count). The van der Waals surface area contributed by atoms with Gasteiger partial charge in [0.2, 0.25) is 0 Å². The summed E-state index contributed by atoms with van der Waals surface area (Å²) in [7, 11) is 2.23. The van der Waals surface area contributed by atoms with Crippen molar-refractivity contribution in [3.05, 3.63) is 71.8 Å². The van der Waals surface area contributed by atoms with Crippen LogP contribution in [0.3, 0.4) is 0 Å². The van der Waals surface area contributed by atoms with Crippen LogP contribution in [0.15, 0.2) is 60.7 Å². The Morgan fingerprint density at radius 3 is 1.81 bits per heavy atom. The van der Waals surface area contributed by atoms with Gasteiger partial charge in [-0.15, -0.1) is 0 Å². The number of likely N-dealkylation sites (tertiary alicyclic amines) is 1. The maximum absolute atomic E-state index is 11.9. The lowest BCUT2D eigenvalue weighted by atomic mass is 9.73. The Morgan fingerprint density at radius 2 is 1.38 bits per heavy atom. The van der Waals surface area contributed by atoms with E-state index in [0.717, 1.165) is 11.5 Å². The summed E-state index contributed by atoms with van der Waals surface area (Å²) in [5.41, 5.74) is 2.61. The van der Waals surface area contributed by atoms with Crippen LogP contribution in [-0.4, -0.2) is 35.5 Å². The summed E-state index contributed by atoms with van der Waals surface area (Å²) in [4.78, 5) is 14.4. The number of nitrogens with zero attached hydrogens (tertiary/aromatic N) is 1. The molecule has 0 spiro atoms. The van der Waals surface area contributed by atoms with Crippen LogP contribution in [0, 0.1) is 11.8 Å². The summed E-state index contributed by atoms with van der Waals surface area (Å²) in [5.74, 6) is 2.52. The highest BCUT2D eigenvalue weighted by molar-refractivity contribution is 7.99. The van der Waals surface area contributed by atoms with E-state index in [4.69, 9.17) is 4.74 Å². The van der Waals surface area contributed by atoms with Gasteiger partial charge in [0.1, 0.15) is 6.10 Å². The molecule has 136 valence electrons. The van der Waals surface area contributed by atoms with Crippen molar-refractivity contribution in [2.24, 2.45) is 11.8 Å². The van der Waals surface area contributed by atoms with Crippen molar-refractivity contribution in [1.82, 2.24) is 4.90 Å². The van der Waals surface area contributed by atoms with Crippen molar-refractivity contribution in [1.29, 1.82) is 0 Å². The third-order valence-corrected chi connectivity index (χ3v) is 6.98. The Balaban J connectivity index is 1.80. The molecule has 0 radical (unpaired) electrons. The molecule has 2 aromatic carbocycles. The molecule has 5 atom stereocenters. The molecule has 4 heteroatoms. The average Bonchev–Trinajstić information content (AvgIpc) is 2.64. The SMILES string of the molecule is CC(=O)OC1[C@H]2CSC[C@@H]1[C@@H](c1ccccc1)N(C)[C@H]2c1ccccc1. The molecule has 26 heavy (non-hydrogen) atoms. The Hall–Kier alpha value is -1.78. The lowest BCUT2D eigenvalue weighted by Gasteiger charge is -2.55. The van der Waals surface area contributed by atoms with Crippen molar-refractivity contribution in [3.63, 3.8) is 0 Å². The van der Waals surface area contributed by atoms with Crippen molar-refractivity contribution < 1.29 is 9.53 Å². The number of carbonyl (C=O) groups is 1. The van der Waals surface area contributed by atoms with E-state index in [-0.39, 0.29) is 24.2 Å². The number of piperidine rings is 1. The number of rotatable bonds is 3. The van der Waals surface area contributed by atoms with Gasteiger partial charge in [-0.25, -0.2) is 0 Å². The molecule has 2 bridgehead atoms. The first-order chi connectivity index (χ1) is 12.7. The molecule has 0 saturated carbocycles. The van der Waals surface area contributed by atoms with Crippen molar-refractivity contribution in [2.45, 2.75) is 25.1 Å². The summed E-state index contributed by atoms with van der Waals surface area (Å²) in [6, 6.07) is 21.8. The van der Waals surface area contributed by atoms with Crippen molar-refractivity contribution in [3.8, 4) is 0 Å². The largest absolute Gasteiger partial charge is 0.462 e. The average molecular weight is 368 g/mol. The van der Waals surface area contributed by atoms with Gasteiger partial charge in [-0.2, -0.15) is 11.8 Å².